The summed E-state index contributed by atoms with van der Waals surface area (Å²) in [6, 6.07) is 14.9. The van der Waals surface area contributed by atoms with Gasteiger partial charge < -0.3 is 62.9 Å². The van der Waals surface area contributed by atoms with E-state index in [1.54, 1.807) is 62.4 Å². The molecule has 3 aromatic carbocycles. The number of benzene rings is 3. The Hall–Kier alpha value is -10.9. The van der Waals surface area contributed by atoms with Crippen molar-refractivity contribution in [3.63, 3.8) is 0 Å². The SMILES string of the molecule is CC(C)[C@H](NC(=O)CCCCCN1C(=O)C=CC1=O)C(=O)C[C@@H](CCCNC(N)=O)C(=O)Nc1ccc(COC(=O)Oc2ccc([N+](=O)[O-])cc2)cc1.CNC(=O)OCc1ccc(NC(=O)[C@H](CCCNC(N)=O)CC(=O)[C@@H](NC(=O)CCCCCN2C(=O)C=CC2=O)C(C)C)cc1. The molecule has 2 aliphatic heterocycles. The van der Waals surface area contributed by atoms with Gasteiger partial charge in [-0.1, -0.05) is 64.8 Å². The van der Waals surface area contributed by atoms with Gasteiger partial charge in [-0.25, -0.2) is 19.2 Å². The molecule has 2 aliphatic rings. The first kappa shape index (κ1) is 79.6. The van der Waals surface area contributed by atoms with E-state index in [4.69, 9.17) is 25.7 Å². The van der Waals surface area contributed by atoms with E-state index in [9.17, 15) is 77.2 Å². The van der Waals surface area contributed by atoms with Crippen LogP contribution in [-0.4, -0.2) is 143 Å². The monoisotopic (exact) mass is 1360 g/mol. The highest BCUT2D eigenvalue weighted by molar-refractivity contribution is 6.13. The fraction of sp³-hybridized carbons (Fsp3) is 0.463. The predicted molar refractivity (Wildman–Crippen MR) is 355 cm³/mol. The zero-order chi connectivity index (χ0) is 72.3. The van der Waals surface area contributed by atoms with E-state index in [0.717, 1.165) is 9.80 Å². The molecule has 31 nitrogen and oxygen atoms in total. The van der Waals surface area contributed by atoms with Crippen LogP contribution in [0.2, 0.25) is 0 Å². The highest BCUT2D eigenvalue weighted by atomic mass is 16.7. The van der Waals surface area contributed by atoms with Gasteiger partial charge in [-0.05, 0) is 111 Å². The molecular weight excluding hydrogens is 1280 g/mol. The molecule has 0 saturated heterocycles. The number of imide groups is 2. The Morgan fingerprint density at radius 1 is 0.520 bits per heavy atom. The molecule has 5 rings (SSSR count). The van der Waals surface area contributed by atoms with Crippen molar-refractivity contribution in [2.24, 2.45) is 35.1 Å². The molecule has 530 valence electrons. The molecule has 0 fully saturated rings. The molecule has 0 bridgehead atoms. The third-order valence-electron chi connectivity index (χ3n) is 15.3. The number of anilines is 2. The van der Waals surface area contributed by atoms with Gasteiger partial charge >= 0.3 is 24.3 Å². The van der Waals surface area contributed by atoms with Gasteiger partial charge in [0.25, 0.3) is 29.3 Å². The Kier molecular flexibility index (Phi) is 34.0. The fourth-order valence-corrected chi connectivity index (χ4v) is 9.99. The molecule has 0 aromatic heterocycles. The van der Waals surface area contributed by atoms with Crippen LogP contribution >= 0.6 is 0 Å². The molecule has 98 heavy (non-hydrogen) atoms. The molecule has 2 heterocycles. The van der Waals surface area contributed by atoms with Crippen molar-refractivity contribution < 1.29 is 86.3 Å². The van der Waals surface area contributed by atoms with Crippen molar-refractivity contribution in [2.45, 2.75) is 143 Å². The second-order valence-corrected chi connectivity index (χ2v) is 23.7. The molecule has 0 saturated carbocycles. The van der Waals surface area contributed by atoms with Crippen molar-refractivity contribution >= 4 is 100 Å². The number of amides is 13. The van der Waals surface area contributed by atoms with Crippen LogP contribution in [0.5, 0.6) is 5.75 Å². The van der Waals surface area contributed by atoms with Crippen LogP contribution in [-0.2, 0) is 70.6 Å². The number of alkyl carbamates (subject to hydrolysis) is 1. The number of Topliss-reactive ketones (excluding diaryl/α,β-unsaturated/α-hetero) is 2. The van der Waals surface area contributed by atoms with Gasteiger partial charge in [0.2, 0.25) is 23.6 Å². The third kappa shape index (κ3) is 29.4. The van der Waals surface area contributed by atoms with Gasteiger partial charge in [0, 0.05) is 119 Å². The molecule has 31 heteroatoms. The van der Waals surface area contributed by atoms with Gasteiger partial charge in [0.05, 0.1) is 17.0 Å². The van der Waals surface area contributed by atoms with Crippen LogP contribution in [0, 0.1) is 33.8 Å². The van der Waals surface area contributed by atoms with Gasteiger partial charge in [0.15, 0.2) is 11.6 Å². The van der Waals surface area contributed by atoms with Crippen LogP contribution in [0.3, 0.4) is 0 Å². The van der Waals surface area contributed by atoms with E-state index in [1.165, 1.54) is 55.6 Å². The molecule has 4 atom stereocenters. The van der Waals surface area contributed by atoms with E-state index in [2.05, 4.69) is 37.2 Å². The van der Waals surface area contributed by atoms with Crippen molar-refractivity contribution in [1.29, 1.82) is 0 Å². The number of nitro benzene ring substituents is 1. The second-order valence-electron chi connectivity index (χ2n) is 23.7. The first-order valence-electron chi connectivity index (χ1n) is 32.1. The molecule has 0 radical (unpaired) electrons. The lowest BCUT2D eigenvalue weighted by Crippen LogP contribution is -2.45. The van der Waals surface area contributed by atoms with Crippen LogP contribution in [0.1, 0.15) is 129 Å². The topological polar surface area (TPSA) is 453 Å². The summed E-state index contributed by atoms with van der Waals surface area (Å²) in [5, 5.41) is 29.3. The molecule has 0 aliphatic carbocycles. The number of ketones is 2. The smallest absolute Gasteiger partial charge is 0.445 e. The van der Waals surface area contributed by atoms with Gasteiger partial charge in [-0.15, -0.1) is 0 Å². The number of nitrogens with two attached hydrogens (primary N) is 2. The molecule has 11 N–H and O–H groups in total. The van der Waals surface area contributed by atoms with Crippen molar-refractivity contribution in [2.75, 3.05) is 43.9 Å². The first-order valence-corrected chi connectivity index (χ1v) is 32.1. The minimum absolute atomic E-state index is 0.0541. The van der Waals surface area contributed by atoms with E-state index in [0.29, 0.717) is 73.9 Å². The standard InChI is InChI=1S/C36H44N6O11.C31H44N6O8/c1-23(2)33(40-30(44)8-4-3-5-20-41-31(45)17-18-32(41)46)29(43)21-25(7-6-19-38-35(37)48)34(47)39-26-11-9-24(10-12-26)22-52-36(49)53-28-15-13-27(14-16-28)42(50)51;1-20(2)28(36-25(39)9-5-4-6-17-37-26(40)14-15-27(37)41)24(38)18-22(8-7-16-34-30(32)43)29(42)35-23-12-10-21(11-13-23)19-45-31(44)33-3/h9-18,23,25,33H,3-8,19-22H2,1-2H3,(H,39,47)(H,40,44)(H3,37,38,48);10-15,20,22,28H,4-9,16-19H2,1-3H3,(H,33,44)(H,35,42)(H,36,39)(H3,32,34,43)/t25-,33+;22-,28+/m11/s1. The number of rotatable bonds is 40. The van der Waals surface area contributed by atoms with Crippen LogP contribution in [0.15, 0.2) is 97.1 Å². The number of primary amides is 2. The van der Waals surface area contributed by atoms with Crippen molar-refractivity contribution in [3.05, 3.63) is 118 Å². The number of hydrogen-bond acceptors (Lipinski definition) is 19. The molecule has 13 amide bonds. The maximum Gasteiger partial charge on any atom is 0.514 e. The summed E-state index contributed by atoms with van der Waals surface area (Å²) in [5.41, 5.74) is 12.3. The number of nitro groups is 1. The number of carbonyl (C=O) groups excluding carboxylic acids is 14. The molecule has 0 spiro atoms. The number of unbranched alkanes of at least 4 members (excludes halogenated alkanes) is 4. The molecule has 0 unspecified atom stereocenters. The lowest BCUT2D eigenvalue weighted by atomic mass is 9.89. The van der Waals surface area contributed by atoms with Gasteiger partial charge in [-0.3, -0.25) is 67.9 Å². The van der Waals surface area contributed by atoms with Gasteiger partial charge in [0.1, 0.15) is 19.0 Å². The Bertz CT molecular complexity index is 3320. The number of carbonyl (C=O) groups is 14. The minimum atomic E-state index is -1.02. The van der Waals surface area contributed by atoms with Crippen molar-refractivity contribution in [3.8, 4) is 5.75 Å². The molecule has 3 aromatic rings. The molecular formula is C67H88N12O19. The largest absolute Gasteiger partial charge is 0.514 e. The quantitative estimate of drug-likeness (QED) is 0.00783. The number of non-ortho nitro benzene ring substituents is 1. The summed E-state index contributed by atoms with van der Waals surface area (Å²) in [7, 11) is 1.46. The maximum absolute atomic E-state index is 13.5. The fourth-order valence-electron chi connectivity index (χ4n) is 9.99. The average molecular weight is 1370 g/mol. The first-order chi connectivity index (χ1) is 46.6. The zero-order valence-electron chi connectivity index (χ0n) is 55.6. The third-order valence-corrected chi connectivity index (χ3v) is 15.3. The summed E-state index contributed by atoms with van der Waals surface area (Å²) in [6.07, 6.45) is 7.91. The number of nitrogens with one attached hydrogen (secondary N) is 7. The Morgan fingerprint density at radius 2 is 0.908 bits per heavy atom. The van der Waals surface area contributed by atoms with Crippen molar-refractivity contribution in [1.82, 2.24) is 36.4 Å². The van der Waals surface area contributed by atoms with Crippen LogP contribution < -0.4 is 53.4 Å². The number of hydrogen-bond donors (Lipinski definition) is 9. The number of ether oxygens (including phenoxy) is 3. The van der Waals surface area contributed by atoms with E-state index < -0.39 is 65.0 Å². The van der Waals surface area contributed by atoms with Crippen LogP contribution in [0.4, 0.5) is 36.2 Å². The van der Waals surface area contributed by atoms with Crippen LogP contribution in [0.25, 0.3) is 0 Å². The summed E-state index contributed by atoms with van der Waals surface area (Å²) >= 11 is 0. The Morgan fingerprint density at radius 3 is 1.27 bits per heavy atom. The van der Waals surface area contributed by atoms with E-state index >= 15 is 0 Å². The van der Waals surface area contributed by atoms with E-state index in [-0.39, 0.29) is 148 Å². The Labute approximate surface area is 566 Å². The van der Waals surface area contributed by atoms with E-state index in [1.807, 2.05) is 13.8 Å². The Balaban J connectivity index is 0.000000422. The summed E-state index contributed by atoms with van der Waals surface area (Å²) in [6.45, 7) is 8.05. The highest BCUT2D eigenvalue weighted by Gasteiger charge is 2.32. The lowest BCUT2D eigenvalue weighted by Gasteiger charge is -2.24. The average Bonchev–Trinajstić information content (AvgIpc) is 1.11. The summed E-state index contributed by atoms with van der Waals surface area (Å²) < 4.78 is 15.1. The lowest BCUT2D eigenvalue weighted by molar-refractivity contribution is -0.384. The summed E-state index contributed by atoms with van der Waals surface area (Å²) in [5.74, 6) is -5.47. The van der Waals surface area contributed by atoms with Gasteiger partial charge in [-0.2, -0.15) is 0 Å². The second kappa shape index (κ2) is 41.8. The maximum atomic E-state index is 13.5. The minimum Gasteiger partial charge on any atom is -0.445 e. The number of nitrogens with zero attached hydrogens (tertiary/aromatic N) is 3. The highest BCUT2D eigenvalue weighted by Crippen LogP contribution is 2.24. The summed E-state index contributed by atoms with van der Waals surface area (Å²) in [4.78, 5) is 184. The normalized spacial score (nSPS) is 13.5. The zero-order valence-corrected chi connectivity index (χ0v) is 55.6. The number of urea groups is 2. The predicted octanol–water partition coefficient (Wildman–Crippen LogP) is 6.03.